The number of rotatable bonds is 10. The molecule has 0 spiro atoms. The fourth-order valence-electron chi connectivity index (χ4n) is 2.39. The van der Waals surface area contributed by atoms with E-state index in [1.807, 2.05) is 27.7 Å². The maximum atomic E-state index is 13.2. The maximum absolute atomic E-state index is 13.2. The molecule has 8 heteroatoms. The van der Waals surface area contributed by atoms with Gasteiger partial charge in [-0.05, 0) is 39.8 Å². The SMILES string of the molecule is CCNC(=NCC(C)Oc1cccc(F)c1)NCCC(=O)N(CC)CC.I. The zero-order chi connectivity index (χ0) is 19.4. The minimum Gasteiger partial charge on any atom is -0.489 e. The molecule has 2 N–H and O–H groups in total. The van der Waals surface area contributed by atoms with Gasteiger partial charge in [-0.1, -0.05) is 6.07 Å². The van der Waals surface area contributed by atoms with Crippen molar-refractivity contribution in [3.05, 3.63) is 30.1 Å². The number of halogens is 2. The molecular weight excluding hydrogens is 462 g/mol. The number of aliphatic imine (C=N–C) groups is 1. The van der Waals surface area contributed by atoms with Gasteiger partial charge in [0.15, 0.2) is 5.96 Å². The Morgan fingerprint density at radius 2 is 1.96 bits per heavy atom. The van der Waals surface area contributed by atoms with Crippen LogP contribution in [0, 0.1) is 5.82 Å². The highest BCUT2D eigenvalue weighted by Gasteiger charge is 2.10. The van der Waals surface area contributed by atoms with Crippen molar-refractivity contribution in [2.24, 2.45) is 4.99 Å². The summed E-state index contributed by atoms with van der Waals surface area (Å²) in [5, 5.41) is 6.30. The summed E-state index contributed by atoms with van der Waals surface area (Å²) in [4.78, 5) is 18.3. The van der Waals surface area contributed by atoms with Crippen molar-refractivity contribution in [1.82, 2.24) is 15.5 Å². The monoisotopic (exact) mass is 494 g/mol. The van der Waals surface area contributed by atoms with E-state index >= 15 is 0 Å². The molecule has 0 radical (unpaired) electrons. The quantitative estimate of drug-likeness (QED) is 0.298. The Kier molecular flexibility index (Phi) is 13.6. The van der Waals surface area contributed by atoms with Crippen LogP contribution in [0.4, 0.5) is 4.39 Å². The van der Waals surface area contributed by atoms with Crippen LogP contribution in [0.3, 0.4) is 0 Å². The van der Waals surface area contributed by atoms with Gasteiger partial charge in [0.05, 0.1) is 6.54 Å². The molecule has 0 saturated carbocycles. The second-order valence-electron chi connectivity index (χ2n) is 5.85. The van der Waals surface area contributed by atoms with Crippen LogP contribution in [0.25, 0.3) is 0 Å². The molecule has 0 aliphatic carbocycles. The van der Waals surface area contributed by atoms with Gasteiger partial charge in [-0.25, -0.2) is 9.38 Å². The Hall–Kier alpha value is -1.58. The van der Waals surface area contributed by atoms with E-state index in [1.54, 1.807) is 17.0 Å². The van der Waals surface area contributed by atoms with Crippen LogP contribution in [-0.2, 0) is 4.79 Å². The molecule has 0 aliphatic heterocycles. The standard InChI is InChI=1S/C19H31FN4O2.HI/c1-5-21-19(22-12-11-18(25)24(6-2)7-3)23-14-15(4)26-17-10-8-9-16(20)13-17;/h8-10,13,15H,5-7,11-12,14H2,1-4H3,(H2,21,22,23);1H. The van der Waals surface area contributed by atoms with Gasteiger partial charge < -0.3 is 20.3 Å². The molecule has 0 aliphatic rings. The van der Waals surface area contributed by atoms with E-state index in [9.17, 15) is 9.18 Å². The molecule has 0 saturated heterocycles. The van der Waals surface area contributed by atoms with Gasteiger partial charge in [-0.15, -0.1) is 24.0 Å². The Morgan fingerprint density at radius 1 is 1.26 bits per heavy atom. The summed E-state index contributed by atoms with van der Waals surface area (Å²) < 4.78 is 18.8. The predicted octanol–water partition coefficient (Wildman–Crippen LogP) is 3.02. The van der Waals surface area contributed by atoms with Crippen molar-refractivity contribution < 1.29 is 13.9 Å². The molecule has 1 aromatic rings. The molecular formula is C19H32FIN4O2. The lowest BCUT2D eigenvalue weighted by Crippen LogP contribution is -2.40. The van der Waals surface area contributed by atoms with Crippen LogP contribution >= 0.6 is 24.0 Å². The van der Waals surface area contributed by atoms with Gasteiger partial charge in [0.2, 0.25) is 5.91 Å². The third-order valence-electron chi connectivity index (χ3n) is 3.73. The summed E-state index contributed by atoms with van der Waals surface area (Å²) >= 11 is 0. The van der Waals surface area contributed by atoms with Crippen molar-refractivity contribution in [2.75, 3.05) is 32.7 Å². The molecule has 27 heavy (non-hydrogen) atoms. The average molecular weight is 494 g/mol. The highest BCUT2D eigenvalue weighted by Crippen LogP contribution is 2.13. The fraction of sp³-hybridized carbons (Fsp3) is 0.579. The third-order valence-corrected chi connectivity index (χ3v) is 3.73. The minimum atomic E-state index is -0.328. The van der Waals surface area contributed by atoms with Gasteiger partial charge >= 0.3 is 0 Å². The first kappa shape index (κ1) is 25.4. The van der Waals surface area contributed by atoms with Crippen molar-refractivity contribution >= 4 is 35.8 Å². The number of carbonyl (C=O) groups excluding carboxylic acids is 1. The van der Waals surface area contributed by atoms with Crippen LogP contribution in [0.1, 0.15) is 34.1 Å². The minimum absolute atomic E-state index is 0. The first-order valence-corrected chi connectivity index (χ1v) is 9.22. The van der Waals surface area contributed by atoms with E-state index in [0.29, 0.717) is 31.2 Å². The fourth-order valence-corrected chi connectivity index (χ4v) is 2.39. The second-order valence-corrected chi connectivity index (χ2v) is 5.85. The second kappa shape index (κ2) is 14.5. The van der Waals surface area contributed by atoms with Gasteiger partial charge in [-0.3, -0.25) is 4.79 Å². The number of hydrogen-bond donors (Lipinski definition) is 2. The zero-order valence-corrected chi connectivity index (χ0v) is 19.0. The van der Waals surface area contributed by atoms with Gasteiger partial charge in [0, 0.05) is 38.7 Å². The third kappa shape index (κ3) is 10.4. The first-order valence-electron chi connectivity index (χ1n) is 9.22. The number of amides is 1. The van der Waals surface area contributed by atoms with E-state index in [1.165, 1.54) is 12.1 Å². The molecule has 1 aromatic carbocycles. The molecule has 1 amide bonds. The van der Waals surface area contributed by atoms with Crippen LogP contribution in [0.5, 0.6) is 5.75 Å². The van der Waals surface area contributed by atoms with Crippen LogP contribution in [0.2, 0.25) is 0 Å². The Labute approximate surface area is 179 Å². The van der Waals surface area contributed by atoms with Crippen LogP contribution in [0.15, 0.2) is 29.3 Å². The smallest absolute Gasteiger partial charge is 0.224 e. The van der Waals surface area contributed by atoms with Crippen LogP contribution < -0.4 is 15.4 Å². The molecule has 0 heterocycles. The van der Waals surface area contributed by atoms with Gasteiger partial charge in [0.1, 0.15) is 17.7 Å². The molecule has 0 bridgehead atoms. The number of ether oxygens (including phenoxy) is 1. The highest BCUT2D eigenvalue weighted by molar-refractivity contribution is 14.0. The summed E-state index contributed by atoms with van der Waals surface area (Å²) in [6.07, 6.45) is 0.214. The number of benzene rings is 1. The number of guanidine groups is 1. The lowest BCUT2D eigenvalue weighted by molar-refractivity contribution is -0.130. The number of nitrogens with zero attached hydrogens (tertiary/aromatic N) is 2. The molecule has 1 rings (SSSR count). The predicted molar refractivity (Wildman–Crippen MR) is 118 cm³/mol. The Balaban J connectivity index is 0.00000676. The molecule has 0 aromatic heterocycles. The van der Waals surface area contributed by atoms with E-state index in [-0.39, 0.29) is 41.8 Å². The Bertz CT molecular complexity index is 583. The average Bonchev–Trinajstić information content (AvgIpc) is 2.60. The number of nitrogens with one attached hydrogen (secondary N) is 2. The highest BCUT2D eigenvalue weighted by atomic mass is 127. The van der Waals surface area contributed by atoms with Crippen LogP contribution in [-0.4, -0.2) is 55.6 Å². The summed E-state index contributed by atoms with van der Waals surface area (Å²) in [6, 6.07) is 6.05. The Morgan fingerprint density at radius 3 is 2.56 bits per heavy atom. The zero-order valence-electron chi connectivity index (χ0n) is 16.6. The van der Waals surface area contributed by atoms with Gasteiger partial charge in [0.25, 0.3) is 0 Å². The number of carbonyl (C=O) groups is 1. The lowest BCUT2D eigenvalue weighted by Gasteiger charge is -2.19. The largest absolute Gasteiger partial charge is 0.489 e. The van der Waals surface area contributed by atoms with Gasteiger partial charge in [-0.2, -0.15) is 0 Å². The maximum Gasteiger partial charge on any atom is 0.224 e. The molecule has 154 valence electrons. The normalized spacial score (nSPS) is 12.0. The lowest BCUT2D eigenvalue weighted by atomic mass is 10.3. The topological polar surface area (TPSA) is 66.0 Å². The van der Waals surface area contributed by atoms with E-state index in [2.05, 4.69) is 15.6 Å². The molecule has 1 unspecified atom stereocenters. The van der Waals surface area contributed by atoms with E-state index < -0.39 is 0 Å². The molecule has 1 atom stereocenters. The summed E-state index contributed by atoms with van der Waals surface area (Å²) in [7, 11) is 0. The van der Waals surface area contributed by atoms with Crippen molar-refractivity contribution in [3.8, 4) is 5.75 Å². The van der Waals surface area contributed by atoms with Crippen molar-refractivity contribution in [3.63, 3.8) is 0 Å². The summed E-state index contributed by atoms with van der Waals surface area (Å²) in [5.74, 6) is 0.914. The molecule has 0 fully saturated rings. The summed E-state index contributed by atoms with van der Waals surface area (Å²) in [6.45, 7) is 10.9. The molecule has 6 nitrogen and oxygen atoms in total. The first-order chi connectivity index (χ1) is 12.5. The van der Waals surface area contributed by atoms with Crippen molar-refractivity contribution in [2.45, 2.75) is 40.2 Å². The summed E-state index contributed by atoms with van der Waals surface area (Å²) in [5.41, 5.74) is 0. The van der Waals surface area contributed by atoms with E-state index in [0.717, 1.165) is 19.6 Å². The van der Waals surface area contributed by atoms with Crippen molar-refractivity contribution in [1.29, 1.82) is 0 Å². The number of hydrogen-bond acceptors (Lipinski definition) is 3. The van der Waals surface area contributed by atoms with E-state index in [4.69, 9.17) is 4.74 Å².